The highest BCUT2D eigenvalue weighted by atomic mass is 19.3. The van der Waals surface area contributed by atoms with Gasteiger partial charge in [-0.25, -0.2) is 18.8 Å². The lowest BCUT2D eigenvalue weighted by atomic mass is 9.84. The van der Waals surface area contributed by atoms with Gasteiger partial charge in [0.05, 0.1) is 23.7 Å². The third-order valence-corrected chi connectivity index (χ3v) is 8.17. The maximum Gasteiger partial charge on any atom is 0.277 e. The average molecular weight is 551 g/mol. The lowest BCUT2D eigenvalue weighted by Gasteiger charge is -2.40. The Morgan fingerprint density at radius 2 is 1.93 bits per heavy atom. The number of aliphatic imine (C=N–C) groups is 2. The number of carbonyl (C=O) groups excluding carboxylic acids is 2. The number of amides is 2. The predicted octanol–water partition coefficient (Wildman–Crippen LogP) is 6.00. The Morgan fingerprint density at radius 1 is 1.12 bits per heavy atom. The molecule has 4 heterocycles. The number of aryl methyl sites for hydroxylation is 1. The van der Waals surface area contributed by atoms with Crippen LogP contribution >= 0.6 is 0 Å². The Labute approximate surface area is 233 Å². The normalized spacial score (nSPS) is 24.6. The summed E-state index contributed by atoms with van der Waals surface area (Å²) in [6.07, 6.45) is 0.982. The molecule has 4 aliphatic heterocycles. The molecule has 2 atom stereocenters. The van der Waals surface area contributed by atoms with Gasteiger partial charge in [-0.15, -0.1) is 0 Å². The smallest absolute Gasteiger partial charge is 0.277 e. The van der Waals surface area contributed by atoms with E-state index in [2.05, 4.69) is 4.99 Å². The highest BCUT2D eigenvalue weighted by Crippen LogP contribution is 2.38. The van der Waals surface area contributed by atoms with Crippen molar-refractivity contribution in [2.24, 2.45) is 15.7 Å². The molecule has 0 saturated carbocycles. The van der Waals surface area contributed by atoms with Gasteiger partial charge in [0.2, 0.25) is 12.3 Å². The molecule has 2 amide bonds. The molecule has 0 aliphatic carbocycles. The largest absolute Gasteiger partial charge is 0.487 e. The summed E-state index contributed by atoms with van der Waals surface area (Å²) in [6.45, 7) is 5.88. The number of halogens is 2. The number of guanidine groups is 1. The summed E-state index contributed by atoms with van der Waals surface area (Å²) in [5, 5.41) is 0. The molecule has 9 heteroatoms. The fourth-order valence-corrected chi connectivity index (χ4v) is 6.08. The molecule has 0 fully saturated rings. The van der Waals surface area contributed by atoms with Gasteiger partial charge in [-0.1, -0.05) is 31.5 Å². The van der Waals surface area contributed by atoms with E-state index in [-0.39, 0.29) is 23.9 Å². The number of rotatable bonds is 3. The number of benzene rings is 2. The minimum atomic E-state index is -2.70. The quantitative estimate of drug-likeness (QED) is 0.507. The predicted molar refractivity (Wildman–Crippen MR) is 150 cm³/mol. The molecule has 7 nitrogen and oxygen atoms in total. The van der Waals surface area contributed by atoms with E-state index in [1.807, 2.05) is 39.0 Å². The summed E-state index contributed by atoms with van der Waals surface area (Å²) < 4.78 is 33.9. The van der Waals surface area contributed by atoms with Gasteiger partial charge in [-0.2, -0.15) is 0 Å². The minimum Gasteiger partial charge on any atom is -0.487 e. The second-order valence-corrected chi connectivity index (χ2v) is 11.7. The number of ether oxygens (including phenoxy) is 1. The van der Waals surface area contributed by atoms with Crippen LogP contribution < -0.4 is 10.5 Å². The van der Waals surface area contributed by atoms with Crippen LogP contribution in [0.25, 0.3) is 0 Å². The number of alkyl halides is 2. The van der Waals surface area contributed by atoms with Crippen LogP contribution in [0.1, 0.15) is 98.8 Å². The van der Waals surface area contributed by atoms with E-state index >= 15 is 0 Å². The van der Waals surface area contributed by atoms with E-state index in [0.29, 0.717) is 36.3 Å². The van der Waals surface area contributed by atoms with Crippen LogP contribution in [0.15, 0.2) is 52.4 Å². The second kappa shape index (κ2) is 10.7. The van der Waals surface area contributed by atoms with Crippen molar-refractivity contribution in [1.82, 2.24) is 4.90 Å². The van der Waals surface area contributed by atoms with Crippen molar-refractivity contribution in [3.05, 3.63) is 64.7 Å². The zero-order valence-electron chi connectivity index (χ0n) is 23.3. The summed E-state index contributed by atoms with van der Waals surface area (Å²) >= 11 is 0. The molecular weight excluding hydrogens is 514 g/mol. The first kappa shape index (κ1) is 27.9. The Morgan fingerprint density at radius 3 is 2.65 bits per heavy atom. The monoisotopic (exact) mass is 550 g/mol. The van der Waals surface area contributed by atoms with Crippen LogP contribution in [0.3, 0.4) is 0 Å². The number of fused-ring (bicyclic) bond motifs is 5. The Bertz CT molecular complexity index is 1390. The van der Waals surface area contributed by atoms with E-state index in [1.165, 1.54) is 11.0 Å². The van der Waals surface area contributed by atoms with Crippen LogP contribution in [-0.2, 0) is 11.2 Å². The van der Waals surface area contributed by atoms with Gasteiger partial charge in [-0.05, 0) is 74.9 Å². The first-order valence-electron chi connectivity index (χ1n) is 14.0. The summed E-state index contributed by atoms with van der Waals surface area (Å²) in [4.78, 5) is 37.4. The van der Waals surface area contributed by atoms with Crippen molar-refractivity contribution >= 4 is 23.5 Å². The van der Waals surface area contributed by atoms with Crippen LogP contribution in [0, 0.1) is 0 Å². The van der Waals surface area contributed by atoms with E-state index in [0.717, 1.165) is 30.4 Å². The number of carbonyl (C=O) groups is 2. The lowest BCUT2D eigenvalue weighted by molar-refractivity contribution is -0.132. The molecule has 1 unspecified atom stereocenters. The van der Waals surface area contributed by atoms with E-state index in [4.69, 9.17) is 15.5 Å². The average Bonchev–Trinajstić information content (AvgIpc) is 2.89. The Kier molecular flexibility index (Phi) is 7.50. The van der Waals surface area contributed by atoms with Crippen molar-refractivity contribution < 1.29 is 23.1 Å². The molecule has 0 saturated heterocycles. The molecular formula is C31H36F2N4O3. The van der Waals surface area contributed by atoms with Crippen LogP contribution in [0.5, 0.6) is 5.75 Å². The minimum absolute atomic E-state index is 0.0495. The molecule has 6 rings (SSSR count). The topological polar surface area (TPSA) is 97.4 Å². The molecule has 2 aromatic carbocycles. The Hall–Kier alpha value is -3.62. The lowest BCUT2D eigenvalue weighted by Crippen LogP contribution is -2.53. The van der Waals surface area contributed by atoms with Crippen molar-refractivity contribution in [2.75, 3.05) is 0 Å². The molecule has 0 radical (unpaired) electrons. The van der Waals surface area contributed by atoms with Crippen molar-refractivity contribution in [1.29, 1.82) is 0 Å². The summed E-state index contributed by atoms with van der Waals surface area (Å²) in [5.74, 6) is -0.182. The zero-order valence-corrected chi connectivity index (χ0v) is 23.3. The van der Waals surface area contributed by atoms with Crippen LogP contribution in [-0.4, -0.2) is 46.0 Å². The summed E-state index contributed by atoms with van der Waals surface area (Å²) in [5.41, 5.74) is 8.32. The van der Waals surface area contributed by atoms with Gasteiger partial charge in [0.25, 0.3) is 5.91 Å². The number of nitrogens with two attached hydrogens (primary N) is 1. The number of nitrogens with zero attached hydrogens (tertiary/aromatic N) is 3. The van der Waals surface area contributed by atoms with Crippen LogP contribution in [0.4, 0.5) is 8.78 Å². The SMILES string of the molecule is CC[C@@]12CCCCc3ccc4c(c3)C(=NC(=O)c3cccc(c3)C(CC(F)F)N(C(=O)C1)C(N)=N2)CC(C)(C)O4. The third-order valence-electron chi connectivity index (χ3n) is 8.17. The van der Waals surface area contributed by atoms with Gasteiger partial charge >= 0.3 is 0 Å². The summed E-state index contributed by atoms with van der Waals surface area (Å²) in [6, 6.07) is 11.4. The van der Waals surface area contributed by atoms with Crippen molar-refractivity contribution in [3.8, 4) is 5.75 Å². The van der Waals surface area contributed by atoms with Gasteiger partial charge < -0.3 is 10.5 Å². The zero-order chi connectivity index (χ0) is 28.7. The number of hydrogen-bond donors (Lipinski definition) is 1. The molecule has 212 valence electrons. The van der Waals surface area contributed by atoms with E-state index < -0.39 is 35.9 Å². The van der Waals surface area contributed by atoms with Gasteiger partial charge in [0.15, 0.2) is 5.96 Å². The van der Waals surface area contributed by atoms with Crippen LogP contribution in [0.2, 0.25) is 0 Å². The Balaban J connectivity index is 1.64. The molecule has 4 aliphatic rings. The van der Waals surface area contributed by atoms with Crippen molar-refractivity contribution in [3.63, 3.8) is 0 Å². The molecule has 0 aromatic heterocycles. The van der Waals surface area contributed by atoms with E-state index in [1.54, 1.807) is 18.2 Å². The summed E-state index contributed by atoms with van der Waals surface area (Å²) in [7, 11) is 0. The second-order valence-electron chi connectivity index (χ2n) is 11.7. The van der Waals surface area contributed by atoms with Gasteiger partial charge in [0.1, 0.15) is 11.4 Å². The van der Waals surface area contributed by atoms with Gasteiger partial charge in [0, 0.05) is 24.0 Å². The standard InChI is InChI=1S/C31H36F2N4O3/c1-4-31-13-6-5-8-19-11-12-25-22(14-19)23(17-30(2,3)40-25)35-28(39)21-10-7-9-20(15-21)24(16-26(32)33)37(27(38)18-31)29(34)36-31/h7,9-12,14-15,24,26H,4-6,8,13,16-18H2,1-3H3,(H2,34,36)/t24?,31-/m1/s1. The molecule has 40 heavy (non-hydrogen) atoms. The fourth-order valence-electron chi connectivity index (χ4n) is 6.08. The van der Waals surface area contributed by atoms with Gasteiger partial charge in [-0.3, -0.25) is 14.5 Å². The highest BCUT2D eigenvalue weighted by molar-refractivity contribution is 6.12. The van der Waals surface area contributed by atoms with Crippen molar-refractivity contribution in [2.45, 2.75) is 95.7 Å². The number of hydrogen-bond acceptors (Lipinski definition) is 5. The van der Waals surface area contributed by atoms with E-state index in [9.17, 15) is 18.4 Å². The first-order chi connectivity index (χ1) is 19.0. The highest BCUT2D eigenvalue weighted by Gasteiger charge is 2.42. The maximum atomic E-state index is 13.8. The first-order valence-corrected chi connectivity index (χ1v) is 14.0. The third kappa shape index (κ3) is 5.64. The fraction of sp³-hybridized carbons (Fsp3) is 0.484. The molecule has 6 bridgehead atoms. The maximum absolute atomic E-state index is 13.8. The molecule has 2 N–H and O–H groups in total. The molecule has 2 aromatic rings. The molecule has 0 spiro atoms.